The van der Waals surface area contributed by atoms with Gasteiger partial charge in [-0.15, -0.1) is 0 Å². The molecule has 0 aromatic carbocycles. The molecule has 0 aliphatic rings. The van der Waals surface area contributed by atoms with Gasteiger partial charge in [0.15, 0.2) is 5.03 Å². The Hall–Kier alpha value is -1.41. The third kappa shape index (κ3) is 3.04. The summed E-state index contributed by atoms with van der Waals surface area (Å²) in [6.45, 7) is 0.160. The summed E-state index contributed by atoms with van der Waals surface area (Å²) in [5.41, 5.74) is 0. The van der Waals surface area contributed by atoms with E-state index in [1.165, 1.54) is 19.3 Å². The molecule has 0 saturated carbocycles. The summed E-state index contributed by atoms with van der Waals surface area (Å²) in [6.07, 6.45) is 1.57. The number of sulfonamides is 1. The summed E-state index contributed by atoms with van der Waals surface area (Å²) >= 11 is 0. The summed E-state index contributed by atoms with van der Waals surface area (Å²) < 4.78 is 24.7. The molecule has 2 N–H and O–H groups in total. The zero-order valence-electron chi connectivity index (χ0n) is 8.75. The molecule has 0 atom stereocenters. The minimum absolute atomic E-state index is 0.00493. The van der Waals surface area contributed by atoms with Crippen LogP contribution in [0.4, 0.5) is 0 Å². The lowest BCUT2D eigenvalue weighted by Gasteiger charge is -2.14. The van der Waals surface area contributed by atoms with Crippen molar-refractivity contribution in [2.24, 2.45) is 0 Å². The van der Waals surface area contributed by atoms with Crippen molar-refractivity contribution in [3.05, 3.63) is 12.3 Å². The Bertz CT molecular complexity index is 440. The van der Waals surface area contributed by atoms with E-state index >= 15 is 0 Å². The number of nitrogens with one attached hydrogen (secondary N) is 1. The smallest absolute Gasteiger partial charge is 0.303 e. The topological polar surface area (TPSA) is 103 Å². The molecule has 0 spiro atoms. The molecule has 0 aliphatic carbocycles. The number of aromatic amines is 1. The lowest BCUT2D eigenvalue weighted by molar-refractivity contribution is -0.137. The van der Waals surface area contributed by atoms with Crippen LogP contribution >= 0.6 is 0 Å². The van der Waals surface area contributed by atoms with E-state index in [9.17, 15) is 13.2 Å². The summed E-state index contributed by atoms with van der Waals surface area (Å²) in [6, 6.07) is 1.35. The molecule has 0 bridgehead atoms. The van der Waals surface area contributed by atoms with Gasteiger partial charge in [-0.3, -0.25) is 9.89 Å². The number of rotatable bonds is 6. The van der Waals surface area contributed by atoms with Crippen molar-refractivity contribution in [3.8, 4) is 0 Å². The van der Waals surface area contributed by atoms with E-state index in [-0.39, 0.29) is 24.4 Å². The average molecular weight is 247 g/mol. The summed E-state index contributed by atoms with van der Waals surface area (Å²) in [5.74, 6) is -0.938. The van der Waals surface area contributed by atoms with Gasteiger partial charge in [-0.1, -0.05) is 0 Å². The Morgan fingerprint density at radius 2 is 2.31 bits per heavy atom. The predicted molar refractivity (Wildman–Crippen MR) is 55.3 cm³/mol. The fourth-order valence-corrected chi connectivity index (χ4v) is 2.23. The second-order valence-corrected chi connectivity index (χ2v) is 5.26. The van der Waals surface area contributed by atoms with Crippen LogP contribution in [0.1, 0.15) is 12.8 Å². The first kappa shape index (κ1) is 12.7. The van der Waals surface area contributed by atoms with E-state index in [2.05, 4.69) is 10.2 Å². The third-order valence-corrected chi connectivity index (χ3v) is 3.81. The molecule has 1 heterocycles. The van der Waals surface area contributed by atoms with Gasteiger partial charge < -0.3 is 5.11 Å². The largest absolute Gasteiger partial charge is 0.481 e. The van der Waals surface area contributed by atoms with Crippen LogP contribution in [0.25, 0.3) is 0 Å². The minimum atomic E-state index is -3.57. The highest BCUT2D eigenvalue weighted by atomic mass is 32.2. The Kier molecular flexibility index (Phi) is 4.02. The summed E-state index contributed by atoms with van der Waals surface area (Å²) in [4.78, 5) is 10.3. The molecule has 1 aromatic rings. The first-order valence-electron chi connectivity index (χ1n) is 4.62. The van der Waals surface area contributed by atoms with E-state index in [0.29, 0.717) is 0 Å². The molecular weight excluding hydrogens is 234 g/mol. The van der Waals surface area contributed by atoms with Crippen LogP contribution in [0.2, 0.25) is 0 Å². The van der Waals surface area contributed by atoms with Crippen LogP contribution in [-0.4, -0.2) is 47.6 Å². The van der Waals surface area contributed by atoms with Gasteiger partial charge in [0.05, 0.1) is 6.20 Å². The van der Waals surface area contributed by atoms with Gasteiger partial charge in [0.25, 0.3) is 10.0 Å². The molecule has 0 aliphatic heterocycles. The number of nitrogens with zero attached hydrogens (tertiary/aromatic N) is 2. The van der Waals surface area contributed by atoms with E-state index < -0.39 is 16.0 Å². The standard InChI is InChI=1S/C8H13N3O4S/c1-11(6-2-3-8(12)13)16(14,15)7-4-5-9-10-7/h4-5H,2-3,6H2,1H3,(H,9,10)(H,12,13). The molecule has 0 radical (unpaired) electrons. The summed E-state index contributed by atoms with van der Waals surface area (Å²) in [7, 11) is -2.17. The Balaban J connectivity index is 2.60. The van der Waals surface area contributed by atoms with Crippen LogP contribution in [0.3, 0.4) is 0 Å². The molecule has 90 valence electrons. The predicted octanol–water partition coefficient (Wildman–Crippen LogP) is -0.105. The first-order valence-corrected chi connectivity index (χ1v) is 6.06. The minimum Gasteiger partial charge on any atom is -0.481 e. The fraction of sp³-hybridized carbons (Fsp3) is 0.500. The van der Waals surface area contributed by atoms with E-state index in [1.807, 2.05) is 0 Å². The van der Waals surface area contributed by atoms with E-state index in [1.54, 1.807) is 0 Å². The van der Waals surface area contributed by atoms with Crippen LogP contribution in [0.5, 0.6) is 0 Å². The molecule has 0 unspecified atom stereocenters. The lowest BCUT2D eigenvalue weighted by Crippen LogP contribution is -2.28. The maximum absolute atomic E-state index is 11.8. The lowest BCUT2D eigenvalue weighted by atomic mass is 10.3. The molecular formula is C8H13N3O4S. The molecule has 16 heavy (non-hydrogen) atoms. The highest BCUT2D eigenvalue weighted by molar-refractivity contribution is 7.89. The molecule has 8 heteroatoms. The second kappa shape index (κ2) is 5.08. The summed E-state index contributed by atoms with van der Waals surface area (Å²) in [5, 5.41) is 14.3. The Labute approximate surface area is 93.1 Å². The highest BCUT2D eigenvalue weighted by Crippen LogP contribution is 2.10. The maximum Gasteiger partial charge on any atom is 0.303 e. The van der Waals surface area contributed by atoms with Crippen molar-refractivity contribution < 1.29 is 18.3 Å². The van der Waals surface area contributed by atoms with Gasteiger partial charge in [0.2, 0.25) is 0 Å². The van der Waals surface area contributed by atoms with Crippen molar-refractivity contribution in [2.45, 2.75) is 17.9 Å². The molecule has 1 rings (SSSR count). The number of H-pyrrole nitrogens is 1. The van der Waals surface area contributed by atoms with Crippen molar-refractivity contribution in [2.75, 3.05) is 13.6 Å². The number of aliphatic carboxylic acids is 1. The first-order chi connectivity index (χ1) is 7.44. The SMILES string of the molecule is CN(CCCC(=O)O)S(=O)(=O)c1ccn[nH]1. The van der Waals surface area contributed by atoms with Crippen molar-refractivity contribution in [1.82, 2.24) is 14.5 Å². The highest BCUT2D eigenvalue weighted by Gasteiger charge is 2.21. The van der Waals surface area contributed by atoms with Gasteiger partial charge in [-0.25, -0.2) is 8.42 Å². The van der Waals surface area contributed by atoms with Crippen LogP contribution < -0.4 is 0 Å². The Morgan fingerprint density at radius 3 is 2.81 bits per heavy atom. The monoisotopic (exact) mass is 247 g/mol. The molecule has 0 amide bonds. The third-order valence-electron chi connectivity index (χ3n) is 2.03. The second-order valence-electron chi connectivity index (χ2n) is 3.24. The van der Waals surface area contributed by atoms with Gasteiger partial charge in [-0.05, 0) is 12.5 Å². The molecule has 0 fully saturated rings. The van der Waals surface area contributed by atoms with Crippen molar-refractivity contribution >= 4 is 16.0 Å². The number of hydrogen-bond acceptors (Lipinski definition) is 4. The number of aromatic nitrogens is 2. The number of carbonyl (C=O) groups is 1. The maximum atomic E-state index is 11.8. The van der Waals surface area contributed by atoms with Gasteiger partial charge in [-0.2, -0.15) is 9.40 Å². The number of hydrogen-bond donors (Lipinski definition) is 2. The van der Waals surface area contributed by atoms with Crippen LogP contribution in [0.15, 0.2) is 17.3 Å². The molecule has 0 saturated heterocycles. The number of carboxylic acid groups (broad SMARTS) is 1. The van der Waals surface area contributed by atoms with Gasteiger partial charge in [0, 0.05) is 20.0 Å². The van der Waals surface area contributed by atoms with E-state index in [4.69, 9.17) is 5.11 Å². The Morgan fingerprint density at radius 1 is 1.62 bits per heavy atom. The average Bonchev–Trinajstić information content (AvgIpc) is 2.69. The van der Waals surface area contributed by atoms with Gasteiger partial charge >= 0.3 is 5.97 Å². The fourth-order valence-electron chi connectivity index (χ4n) is 1.13. The van der Waals surface area contributed by atoms with E-state index in [0.717, 1.165) is 4.31 Å². The molecule has 7 nitrogen and oxygen atoms in total. The van der Waals surface area contributed by atoms with Crippen molar-refractivity contribution in [1.29, 1.82) is 0 Å². The van der Waals surface area contributed by atoms with Crippen LogP contribution in [0, 0.1) is 0 Å². The van der Waals surface area contributed by atoms with Gasteiger partial charge in [0.1, 0.15) is 0 Å². The zero-order valence-corrected chi connectivity index (χ0v) is 9.57. The number of carboxylic acids is 1. The normalized spacial score (nSPS) is 11.9. The van der Waals surface area contributed by atoms with Crippen LogP contribution in [-0.2, 0) is 14.8 Å². The molecule has 1 aromatic heterocycles. The zero-order chi connectivity index (χ0) is 12.2. The quantitative estimate of drug-likeness (QED) is 0.730. The van der Waals surface area contributed by atoms with Crippen molar-refractivity contribution in [3.63, 3.8) is 0 Å².